The third-order valence-electron chi connectivity index (χ3n) is 3.23. The molecule has 2 rings (SSSR count). The fourth-order valence-electron chi connectivity index (χ4n) is 2.07. The van der Waals surface area contributed by atoms with Crippen LogP contribution < -0.4 is 5.73 Å². The molecule has 0 aliphatic rings. The number of hydrogen-bond donors (Lipinski definition) is 1. The Hall–Kier alpha value is -1.95. The summed E-state index contributed by atoms with van der Waals surface area (Å²) in [5.41, 5.74) is 5.32. The minimum Gasteiger partial charge on any atom is -0.320 e. The molecule has 0 spiro atoms. The Morgan fingerprint density at radius 1 is 0.952 bits per heavy atom. The molecule has 6 heteroatoms. The smallest absolute Gasteiger partial charge is 0.320 e. The van der Waals surface area contributed by atoms with Crippen LogP contribution in [0.15, 0.2) is 36.4 Å². The molecule has 1 unspecified atom stereocenters. The fourth-order valence-corrected chi connectivity index (χ4v) is 2.07. The summed E-state index contributed by atoms with van der Waals surface area (Å²) >= 11 is 0. The number of nitrogens with two attached hydrogens (primary N) is 1. The Kier molecular flexibility index (Phi) is 4.00. The van der Waals surface area contributed by atoms with E-state index >= 15 is 0 Å². The lowest BCUT2D eigenvalue weighted by Gasteiger charge is -2.18. The zero-order valence-electron chi connectivity index (χ0n) is 11.0. The van der Waals surface area contributed by atoms with Gasteiger partial charge in [0.1, 0.15) is 11.6 Å². The van der Waals surface area contributed by atoms with Crippen LogP contribution in [0.3, 0.4) is 0 Å². The maximum absolute atomic E-state index is 13.8. The molecule has 2 N–H and O–H groups in total. The van der Waals surface area contributed by atoms with Crippen molar-refractivity contribution in [2.45, 2.75) is 19.1 Å². The summed E-state index contributed by atoms with van der Waals surface area (Å²) < 4.78 is 65.1. The van der Waals surface area contributed by atoms with Crippen LogP contribution in [0, 0.1) is 18.6 Å². The van der Waals surface area contributed by atoms with Gasteiger partial charge in [-0.25, -0.2) is 8.78 Å². The van der Waals surface area contributed by atoms with E-state index in [0.717, 1.165) is 6.07 Å². The molecule has 112 valence electrons. The minimum atomic E-state index is -4.60. The SMILES string of the molecule is Cc1ccc(F)cc1C(N)c1cc(C(F)(F)F)ccc1F. The second kappa shape index (κ2) is 5.44. The van der Waals surface area contributed by atoms with E-state index in [1.165, 1.54) is 12.1 Å². The minimum absolute atomic E-state index is 0.244. The first-order valence-corrected chi connectivity index (χ1v) is 6.08. The first-order valence-electron chi connectivity index (χ1n) is 6.08. The highest BCUT2D eigenvalue weighted by molar-refractivity contribution is 5.39. The van der Waals surface area contributed by atoms with Gasteiger partial charge in [-0.1, -0.05) is 6.07 Å². The second-order valence-corrected chi connectivity index (χ2v) is 4.71. The van der Waals surface area contributed by atoms with Gasteiger partial charge in [0.25, 0.3) is 0 Å². The maximum Gasteiger partial charge on any atom is 0.416 e. The lowest BCUT2D eigenvalue weighted by molar-refractivity contribution is -0.137. The molecule has 1 nitrogen and oxygen atoms in total. The van der Waals surface area contributed by atoms with Crippen LogP contribution in [-0.2, 0) is 6.18 Å². The Morgan fingerprint density at radius 2 is 1.62 bits per heavy atom. The van der Waals surface area contributed by atoms with E-state index in [2.05, 4.69) is 0 Å². The van der Waals surface area contributed by atoms with Crippen LogP contribution in [-0.4, -0.2) is 0 Å². The van der Waals surface area contributed by atoms with Gasteiger partial charge in [0, 0.05) is 5.56 Å². The maximum atomic E-state index is 13.8. The van der Waals surface area contributed by atoms with Crippen molar-refractivity contribution in [2.75, 3.05) is 0 Å². The zero-order chi connectivity index (χ0) is 15.8. The molecule has 0 bridgehead atoms. The largest absolute Gasteiger partial charge is 0.416 e. The Morgan fingerprint density at radius 3 is 2.24 bits per heavy atom. The average Bonchev–Trinajstić information content (AvgIpc) is 2.40. The molecule has 0 amide bonds. The summed E-state index contributed by atoms with van der Waals surface area (Å²) in [6.07, 6.45) is -4.60. The second-order valence-electron chi connectivity index (χ2n) is 4.71. The van der Waals surface area contributed by atoms with Crippen LogP contribution in [0.1, 0.15) is 28.3 Å². The normalized spacial score (nSPS) is 13.3. The lowest BCUT2D eigenvalue weighted by atomic mass is 9.94. The van der Waals surface area contributed by atoms with Crippen LogP contribution >= 0.6 is 0 Å². The van der Waals surface area contributed by atoms with Gasteiger partial charge < -0.3 is 5.73 Å². The van der Waals surface area contributed by atoms with E-state index < -0.39 is 29.4 Å². The number of alkyl halides is 3. The van der Waals surface area contributed by atoms with Gasteiger partial charge in [0.2, 0.25) is 0 Å². The number of aryl methyl sites for hydroxylation is 1. The molecule has 0 aliphatic heterocycles. The van der Waals surface area contributed by atoms with Crippen molar-refractivity contribution in [2.24, 2.45) is 5.73 Å². The topological polar surface area (TPSA) is 26.0 Å². The summed E-state index contributed by atoms with van der Waals surface area (Å²) in [5, 5.41) is 0. The van der Waals surface area contributed by atoms with Crippen molar-refractivity contribution in [1.82, 2.24) is 0 Å². The molecule has 0 fully saturated rings. The van der Waals surface area contributed by atoms with Crippen molar-refractivity contribution >= 4 is 0 Å². The highest BCUT2D eigenvalue weighted by Crippen LogP contribution is 2.33. The van der Waals surface area contributed by atoms with Crippen molar-refractivity contribution in [1.29, 1.82) is 0 Å². The van der Waals surface area contributed by atoms with Crippen LogP contribution in [0.5, 0.6) is 0 Å². The summed E-state index contributed by atoms with van der Waals surface area (Å²) in [6.45, 7) is 1.63. The van der Waals surface area contributed by atoms with Gasteiger partial charge in [0.15, 0.2) is 0 Å². The first kappa shape index (κ1) is 15.4. The highest BCUT2D eigenvalue weighted by Gasteiger charge is 2.32. The number of hydrogen-bond acceptors (Lipinski definition) is 1. The molecule has 0 radical (unpaired) electrons. The Labute approximate surface area is 118 Å². The predicted molar refractivity (Wildman–Crippen MR) is 68.6 cm³/mol. The highest BCUT2D eigenvalue weighted by atomic mass is 19.4. The van der Waals surface area contributed by atoms with E-state index in [1.54, 1.807) is 6.92 Å². The molecule has 21 heavy (non-hydrogen) atoms. The van der Waals surface area contributed by atoms with Crippen molar-refractivity contribution in [3.05, 3.63) is 70.3 Å². The average molecular weight is 301 g/mol. The molecule has 2 aromatic carbocycles. The van der Waals surface area contributed by atoms with Gasteiger partial charge >= 0.3 is 6.18 Å². The van der Waals surface area contributed by atoms with Crippen LogP contribution in [0.2, 0.25) is 0 Å². The molecule has 0 aromatic heterocycles. The van der Waals surface area contributed by atoms with Gasteiger partial charge in [-0.2, -0.15) is 13.2 Å². The van der Waals surface area contributed by atoms with Gasteiger partial charge in [-0.05, 0) is 48.4 Å². The Balaban J connectivity index is 2.52. The fraction of sp³-hybridized carbons (Fsp3) is 0.200. The summed E-state index contributed by atoms with van der Waals surface area (Å²) in [5.74, 6) is -1.45. The van der Waals surface area contributed by atoms with E-state index in [0.29, 0.717) is 23.8 Å². The van der Waals surface area contributed by atoms with Crippen LogP contribution in [0.25, 0.3) is 0 Å². The molecular formula is C15H12F5N. The summed E-state index contributed by atoms with van der Waals surface area (Å²) in [4.78, 5) is 0. The first-order chi connectivity index (χ1) is 9.70. The molecule has 0 heterocycles. The molecule has 0 saturated carbocycles. The van der Waals surface area contributed by atoms with Crippen molar-refractivity contribution in [3.63, 3.8) is 0 Å². The summed E-state index contributed by atoms with van der Waals surface area (Å²) in [6, 6.07) is 4.58. The third-order valence-corrected chi connectivity index (χ3v) is 3.23. The quantitative estimate of drug-likeness (QED) is 0.820. The summed E-state index contributed by atoms with van der Waals surface area (Å²) in [7, 11) is 0. The van der Waals surface area contributed by atoms with Crippen molar-refractivity contribution < 1.29 is 22.0 Å². The van der Waals surface area contributed by atoms with E-state index in [9.17, 15) is 22.0 Å². The van der Waals surface area contributed by atoms with Gasteiger partial charge in [-0.3, -0.25) is 0 Å². The Bertz CT molecular complexity index is 664. The molecule has 0 saturated heterocycles. The molecule has 2 aromatic rings. The standard InChI is InChI=1S/C15H12F5N/c1-8-2-4-10(16)7-11(8)14(21)12-6-9(15(18,19)20)3-5-13(12)17/h2-7,14H,21H2,1H3. The van der Waals surface area contributed by atoms with Gasteiger partial charge in [0.05, 0.1) is 11.6 Å². The van der Waals surface area contributed by atoms with Crippen LogP contribution in [0.4, 0.5) is 22.0 Å². The predicted octanol–water partition coefficient (Wildman–Crippen LogP) is 4.34. The molecule has 0 aliphatic carbocycles. The van der Waals surface area contributed by atoms with Crippen molar-refractivity contribution in [3.8, 4) is 0 Å². The van der Waals surface area contributed by atoms with Gasteiger partial charge in [-0.15, -0.1) is 0 Å². The number of halogens is 5. The van der Waals surface area contributed by atoms with E-state index in [-0.39, 0.29) is 11.1 Å². The third kappa shape index (κ3) is 3.21. The number of benzene rings is 2. The van der Waals surface area contributed by atoms with E-state index in [4.69, 9.17) is 5.73 Å². The number of rotatable bonds is 2. The molecular weight excluding hydrogens is 289 g/mol. The zero-order valence-corrected chi connectivity index (χ0v) is 11.0. The van der Waals surface area contributed by atoms with E-state index in [1.807, 2.05) is 0 Å². The molecule has 1 atom stereocenters. The monoisotopic (exact) mass is 301 g/mol. The lowest BCUT2D eigenvalue weighted by Crippen LogP contribution is -2.17.